The van der Waals surface area contributed by atoms with Gasteiger partial charge in [-0.3, -0.25) is 4.79 Å². The van der Waals surface area contributed by atoms with E-state index in [-0.39, 0.29) is 5.91 Å². The first-order valence-corrected chi connectivity index (χ1v) is 12.5. The first kappa shape index (κ1) is 19.9. The van der Waals surface area contributed by atoms with E-state index in [9.17, 15) is 9.00 Å². The first-order valence-electron chi connectivity index (χ1n) is 10.6. The summed E-state index contributed by atoms with van der Waals surface area (Å²) in [6, 6.07) is 19.4. The molecular formula is C25H20BrN3O2S. The van der Waals surface area contributed by atoms with Gasteiger partial charge in [0.2, 0.25) is 5.91 Å². The number of amides is 1. The van der Waals surface area contributed by atoms with Crippen molar-refractivity contribution in [3.8, 4) is 11.1 Å². The maximum absolute atomic E-state index is 13.7. The summed E-state index contributed by atoms with van der Waals surface area (Å²) in [6.45, 7) is 0. The van der Waals surface area contributed by atoms with Crippen LogP contribution in [0.25, 0.3) is 22.2 Å². The fourth-order valence-corrected chi connectivity index (χ4v) is 7.23. The van der Waals surface area contributed by atoms with Crippen LogP contribution in [0.3, 0.4) is 0 Å². The van der Waals surface area contributed by atoms with E-state index in [1.54, 1.807) is 15.1 Å². The van der Waals surface area contributed by atoms with Crippen LogP contribution in [0, 0.1) is 0 Å². The van der Waals surface area contributed by atoms with Gasteiger partial charge >= 0.3 is 0 Å². The summed E-state index contributed by atoms with van der Waals surface area (Å²) >= 11 is 3.78. The average Bonchev–Trinajstić information content (AvgIpc) is 3.22. The minimum Gasteiger partial charge on any atom is -0.313 e. The zero-order valence-electron chi connectivity index (χ0n) is 17.4. The molecule has 1 aliphatic heterocycles. The second-order valence-corrected chi connectivity index (χ2v) is 10.5. The van der Waals surface area contributed by atoms with Gasteiger partial charge in [0.25, 0.3) is 0 Å². The largest absolute Gasteiger partial charge is 0.313 e. The fourth-order valence-electron chi connectivity index (χ4n) is 5.11. The minimum absolute atomic E-state index is 0.139. The molecule has 0 bridgehead atoms. The Morgan fingerprint density at radius 1 is 1.03 bits per heavy atom. The summed E-state index contributed by atoms with van der Waals surface area (Å²) in [6.07, 6.45) is 4.46. The SMILES string of the molecule is CN1C(=O)C2(CCC2)c2c1cnc1c2c(-c2ccccc2)c(Br)n1S(=O)c1ccccc1. The molecule has 2 aromatic carbocycles. The van der Waals surface area contributed by atoms with Crippen LogP contribution >= 0.6 is 15.9 Å². The van der Waals surface area contributed by atoms with Gasteiger partial charge in [-0.25, -0.2) is 13.2 Å². The van der Waals surface area contributed by atoms with Crippen molar-refractivity contribution >= 4 is 49.5 Å². The summed E-state index contributed by atoms with van der Waals surface area (Å²) in [5.41, 5.74) is 3.95. The van der Waals surface area contributed by atoms with Crippen molar-refractivity contribution in [1.82, 2.24) is 8.96 Å². The van der Waals surface area contributed by atoms with Crippen LogP contribution in [-0.2, 0) is 21.2 Å². The molecule has 160 valence electrons. The molecule has 0 saturated heterocycles. The molecule has 1 saturated carbocycles. The summed E-state index contributed by atoms with van der Waals surface area (Å²) in [5, 5.41) is 0.919. The van der Waals surface area contributed by atoms with E-state index in [0.717, 1.165) is 47.0 Å². The predicted molar refractivity (Wildman–Crippen MR) is 130 cm³/mol. The van der Waals surface area contributed by atoms with Crippen LogP contribution in [0.5, 0.6) is 0 Å². The van der Waals surface area contributed by atoms with Crippen molar-refractivity contribution in [1.29, 1.82) is 0 Å². The molecular weight excluding hydrogens is 486 g/mol. The number of fused-ring (bicyclic) bond motifs is 4. The number of carbonyl (C=O) groups is 1. The molecule has 1 spiro atoms. The van der Waals surface area contributed by atoms with Crippen LogP contribution in [0.2, 0.25) is 0 Å². The maximum Gasteiger partial charge on any atom is 0.237 e. The van der Waals surface area contributed by atoms with Gasteiger partial charge in [0, 0.05) is 23.6 Å². The first-order chi connectivity index (χ1) is 15.5. The highest BCUT2D eigenvalue weighted by Crippen LogP contribution is 2.57. The Kier molecular flexibility index (Phi) is 4.42. The Morgan fingerprint density at radius 2 is 1.69 bits per heavy atom. The number of pyridine rings is 1. The van der Waals surface area contributed by atoms with E-state index < -0.39 is 16.4 Å². The van der Waals surface area contributed by atoms with Crippen molar-refractivity contribution in [3.05, 3.63) is 77.0 Å². The number of anilines is 1. The van der Waals surface area contributed by atoms with E-state index in [4.69, 9.17) is 4.98 Å². The highest BCUT2D eigenvalue weighted by atomic mass is 79.9. The third-order valence-corrected chi connectivity index (χ3v) is 9.15. The second kappa shape index (κ2) is 7.12. The number of likely N-dealkylation sites (N-methyl/N-ethyl adjacent to an activating group) is 1. The lowest BCUT2D eigenvalue weighted by Gasteiger charge is -2.37. The number of rotatable bonds is 3. The third kappa shape index (κ3) is 2.52. The van der Waals surface area contributed by atoms with Crippen LogP contribution in [0.4, 0.5) is 5.69 Å². The molecule has 3 heterocycles. The van der Waals surface area contributed by atoms with Gasteiger partial charge < -0.3 is 4.90 Å². The average molecular weight is 506 g/mol. The number of carbonyl (C=O) groups excluding carboxylic acids is 1. The summed E-state index contributed by atoms with van der Waals surface area (Å²) in [7, 11) is 0.332. The lowest BCUT2D eigenvalue weighted by atomic mass is 9.64. The van der Waals surface area contributed by atoms with Crippen molar-refractivity contribution in [2.24, 2.45) is 0 Å². The Morgan fingerprint density at radius 3 is 2.31 bits per heavy atom. The number of nitrogens with zero attached hydrogens (tertiary/aromatic N) is 3. The zero-order valence-corrected chi connectivity index (χ0v) is 19.8. The standard InChI is InChI=1S/C25H20BrN3O2S/c1-28-18-15-27-23-20(21(18)25(24(28)30)13-8-14-25)19(16-9-4-2-5-10-16)22(26)29(23)32(31)17-11-6-3-7-12-17/h2-7,9-12,15H,8,13-14H2,1H3. The van der Waals surface area contributed by atoms with Crippen molar-refractivity contribution in [3.63, 3.8) is 0 Å². The van der Waals surface area contributed by atoms with E-state index >= 15 is 0 Å². The smallest absolute Gasteiger partial charge is 0.237 e. The van der Waals surface area contributed by atoms with E-state index in [0.29, 0.717) is 15.1 Å². The number of hydrogen-bond acceptors (Lipinski definition) is 3. The second-order valence-electron chi connectivity index (χ2n) is 8.41. The Labute approximate surface area is 196 Å². The molecule has 7 heteroatoms. The van der Waals surface area contributed by atoms with Gasteiger partial charge in [0.05, 0.1) is 22.2 Å². The molecule has 1 atom stereocenters. The normalized spacial score (nSPS) is 17.6. The van der Waals surface area contributed by atoms with Gasteiger partial charge in [-0.1, -0.05) is 55.0 Å². The number of hydrogen-bond donors (Lipinski definition) is 0. The molecule has 32 heavy (non-hydrogen) atoms. The van der Waals surface area contributed by atoms with Crippen molar-refractivity contribution in [2.75, 3.05) is 11.9 Å². The van der Waals surface area contributed by atoms with Gasteiger partial charge in [-0.15, -0.1) is 0 Å². The number of benzene rings is 2. The molecule has 5 nitrogen and oxygen atoms in total. The quantitative estimate of drug-likeness (QED) is 0.372. The lowest BCUT2D eigenvalue weighted by Crippen LogP contribution is -2.43. The topological polar surface area (TPSA) is 55.2 Å². The van der Waals surface area contributed by atoms with Gasteiger partial charge in [-0.05, 0) is 46.5 Å². The molecule has 2 aromatic heterocycles. The van der Waals surface area contributed by atoms with E-state index in [2.05, 4.69) is 15.9 Å². The van der Waals surface area contributed by atoms with Crippen LogP contribution < -0.4 is 4.90 Å². The summed E-state index contributed by atoms with van der Waals surface area (Å²) in [4.78, 5) is 20.5. The van der Waals surface area contributed by atoms with Gasteiger partial charge in [0.1, 0.15) is 4.60 Å². The molecule has 0 N–H and O–H groups in total. The highest BCUT2D eigenvalue weighted by molar-refractivity contribution is 9.10. The van der Waals surface area contributed by atoms with Crippen molar-refractivity contribution in [2.45, 2.75) is 29.6 Å². The minimum atomic E-state index is -1.50. The molecule has 1 aliphatic carbocycles. The molecule has 1 unspecified atom stereocenters. The molecule has 4 aromatic rings. The Hall–Kier alpha value is -2.77. The van der Waals surface area contributed by atoms with E-state index in [1.807, 2.05) is 67.7 Å². The molecule has 1 fully saturated rings. The predicted octanol–water partition coefficient (Wildman–Crippen LogP) is 5.43. The van der Waals surface area contributed by atoms with Crippen LogP contribution in [0.1, 0.15) is 24.8 Å². The molecule has 1 amide bonds. The van der Waals surface area contributed by atoms with Gasteiger partial charge in [-0.2, -0.15) is 0 Å². The Bertz CT molecular complexity index is 1410. The highest BCUT2D eigenvalue weighted by Gasteiger charge is 2.55. The number of halogens is 1. The zero-order chi connectivity index (χ0) is 22.0. The van der Waals surface area contributed by atoms with Crippen LogP contribution in [-0.4, -0.2) is 26.1 Å². The monoisotopic (exact) mass is 505 g/mol. The molecule has 2 aliphatic rings. The number of aromatic nitrogens is 2. The lowest BCUT2D eigenvalue weighted by molar-refractivity contribution is -0.125. The maximum atomic E-state index is 13.7. The summed E-state index contributed by atoms with van der Waals surface area (Å²) in [5.74, 6) is 0.139. The van der Waals surface area contributed by atoms with Crippen molar-refractivity contribution < 1.29 is 9.00 Å². The molecule has 6 rings (SSSR count). The molecule has 0 radical (unpaired) electrons. The fraction of sp³-hybridized carbons (Fsp3) is 0.200. The third-order valence-electron chi connectivity index (χ3n) is 6.80. The van der Waals surface area contributed by atoms with Crippen LogP contribution in [0.15, 0.2) is 76.4 Å². The Balaban J connectivity index is 1.74. The summed E-state index contributed by atoms with van der Waals surface area (Å²) < 4.78 is 16.2. The van der Waals surface area contributed by atoms with Gasteiger partial charge in [0.15, 0.2) is 16.6 Å². The van der Waals surface area contributed by atoms with E-state index in [1.165, 1.54) is 0 Å².